The second-order valence-corrected chi connectivity index (χ2v) is 6.74. The molecule has 0 atom stereocenters. The number of anilines is 1. The number of benzene rings is 1. The van der Waals surface area contributed by atoms with E-state index in [2.05, 4.69) is 14.9 Å². The number of hydrogen-bond acceptors (Lipinski definition) is 5. The number of aromatic nitrogens is 2. The summed E-state index contributed by atoms with van der Waals surface area (Å²) in [6.45, 7) is 2.09. The summed E-state index contributed by atoms with van der Waals surface area (Å²) in [5.74, 6) is -2.24. The maximum Gasteiger partial charge on any atom is 0.275 e. The second kappa shape index (κ2) is 6.36. The van der Waals surface area contributed by atoms with E-state index in [0.29, 0.717) is 32.2 Å². The van der Waals surface area contributed by atoms with Gasteiger partial charge in [-0.15, -0.1) is 0 Å². The number of hydrogen-bond donors (Lipinski definition) is 0. The minimum atomic E-state index is -0.932. The molecule has 25 heavy (non-hydrogen) atoms. The number of thiazole rings is 1. The Morgan fingerprint density at radius 2 is 1.88 bits per heavy atom. The summed E-state index contributed by atoms with van der Waals surface area (Å²) in [6.07, 6.45) is 0.855. The lowest BCUT2D eigenvalue weighted by atomic mass is 10.2. The van der Waals surface area contributed by atoms with E-state index >= 15 is 0 Å². The minimum absolute atomic E-state index is 0.338. The fourth-order valence-electron chi connectivity index (χ4n) is 2.82. The van der Waals surface area contributed by atoms with E-state index in [0.717, 1.165) is 21.5 Å². The number of piperazine rings is 1. The lowest BCUT2D eigenvalue weighted by Gasteiger charge is -2.34. The molecule has 1 saturated heterocycles. The normalized spacial score (nSPS) is 15.0. The average molecular weight is 360 g/mol. The van der Waals surface area contributed by atoms with Gasteiger partial charge in [-0.1, -0.05) is 23.5 Å². The van der Waals surface area contributed by atoms with E-state index in [1.165, 1.54) is 4.90 Å². The van der Waals surface area contributed by atoms with Crippen LogP contribution in [0.4, 0.5) is 13.9 Å². The van der Waals surface area contributed by atoms with Crippen molar-refractivity contribution < 1.29 is 13.6 Å². The first-order chi connectivity index (χ1) is 12.1. The quantitative estimate of drug-likeness (QED) is 0.705. The topological polar surface area (TPSA) is 49.3 Å². The standard InChI is InChI=1S/C17H14F2N4OS/c18-11-9-12(19)15(20-10-11)16(24)22-5-7-23(8-6-22)17-21-13-3-1-2-4-14(13)25-17/h1-4,9-10H,5-8H2. The van der Waals surface area contributed by atoms with Crippen LogP contribution in [0.2, 0.25) is 0 Å². The molecule has 1 amide bonds. The first-order valence-corrected chi connectivity index (χ1v) is 8.64. The predicted octanol–water partition coefficient (Wildman–Crippen LogP) is 2.93. The van der Waals surface area contributed by atoms with Crippen LogP contribution >= 0.6 is 11.3 Å². The van der Waals surface area contributed by atoms with E-state index in [9.17, 15) is 13.6 Å². The molecule has 0 spiro atoms. The van der Waals surface area contributed by atoms with Gasteiger partial charge in [-0.3, -0.25) is 4.79 Å². The first kappa shape index (κ1) is 15.9. The molecule has 0 N–H and O–H groups in total. The Morgan fingerprint density at radius 1 is 1.12 bits per heavy atom. The van der Waals surface area contributed by atoms with Crippen molar-refractivity contribution in [2.45, 2.75) is 0 Å². The van der Waals surface area contributed by atoms with E-state index in [1.54, 1.807) is 11.3 Å². The SMILES string of the molecule is O=C(c1ncc(F)cc1F)N1CCN(c2nc3ccccc3s2)CC1. The predicted molar refractivity (Wildman–Crippen MR) is 91.9 cm³/mol. The number of rotatable bonds is 2. The smallest absolute Gasteiger partial charge is 0.275 e. The zero-order chi connectivity index (χ0) is 17.4. The number of carbonyl (C=O) groups excluding carboxylic acids is 1. The monoisotopic (exact) mass is 360 g/mol. The van der Waals surface area contributed by atoms with Gasteiger partial charge in [0, 0.05) is 32.2 Å². The molecule has 3 heterocycles. The molecular formula is C17H14F2N4OS. The van der Waals surface area contributed by atoms with Crippen LogP contribution in [-0.2, 0) is 0 Å². The van der Waals surface area contributed by atoms with Crippen LogP contribution in [0.25, 0.3) is 10.2 Å². The number of halogens is 2. The zero-order valence-corrected chi connectivity index (χ0v) is 14.0. The van der Waals surface area contributed by atoms with Crippen LogP contribution in [0, 0.1) is 11.6 Å². The van der Waals surface area contributed by atoms with Crippen molar-refractivity contribution in [1.29, 1.82) is 0 Å². The van der Waals surface area contributed by atoms with Crippen LogP contribution in [0.15, 0.2) is 36.5 Å². The molecule has 1 fully saturated rings. The van der Waals surface area contributed by atoms with Crippen LogP contribution < -0.4 is 4.90 Å². The molecular weight excluding hydrogens is 346 g/mol. The minimum Gasteiger partial charge on any atom is -0.345 e. The van der Waals surface area contributed by atoms with Crippen molar-refractivity contribution in [3.05, 3.63) is 53.9 Å². The molecule has 4 rings (SSSR count). The van der Waals surface area contributed by atoms with Crippen LogP contribution in [-0.4, -0.2) is 47.0 Å². The summed E-state index contributed by atoms with van der Waals surface area (Å²) in [7, 11) is 0. The van der Waals surface area contributed by atoms with Gasteiger partial charge in [0.25, 0.3) is 5.91 Å². The number of fused-ring (bicyclic) bond motifs is 1. The number of amides is 1. The molecule has 0 saturated carbocycles. The number of nitrogens with zero attached hydrogens (tertiary/aromatic N) is 4. The lowest BCUT2D eigenvalue weighted by Crippen LogP contribution is -2.49. The van der Waals surface area contributed by atoms with Crippen molar-refractivity contribution in [3.63, 3.8) is 0 Å². The Hall–Kier alpha value is -2.61. The molecule has 1 aromatic carbocycles. The summed E-state index contributed by atoms with van der Waals surface area (Å²) in [4.78, 5) is 24.2. The van der Waals surface area contributed by atoms with E-state index in [4.69, 9.17) is 0 Å². The highest BCUT2D eigenvalue weighted by Crippen LogP contribution is 2.29. The maximum atomic E-state index is 13.7. The van der Waals surface area contributed by atoms with E-state index in [-0.39, 0.29) is 5.69 Å². The molecule has 0 unspecified atom stereocenters. The molecule has 128 valence electrons. The highest BCUT2D eigenvalue weighted by Gasteiger charge is 2.26. The molecule has 0 aliphatic carbocycles. The summed E-state index contributed by atoms with van der Waals surface area (Å²) in [6, 6.07) is 8.60. The Morgan fingerprint density at radius 3 is 2.60 bits per heavy atom. The van der Waals surface area contributed by atoms with Crippen LogP contribution in [0.5, 0.6) is 0 Å². The van der Waals surface area contributed by atoms with Gasteiger partial charge in [0.15, 0.2) is 16.6 Å². The maximum absolute atomic E-state index is 13.7. The Labute approximate surface area is 146 Å². The zero-order valence-electron chi connectivity index (χ0n) is 13.2. The van der Waals surface area contributed by atoms with Crippen LogP contribution in [0.3, 0.4) is 0 Å². The highest BCUT2D eigenvalue weighted by molar-refractivity contribution is 7.22. The van der Waals surface area contributed by atoms with Gasteiger partial charge in [0.1, 0.15) is 5.82 Å². The van der Waals surface area contributed by atoms with Crippen LogP contribution in [0.1, 0.15) is 10.5 Å². The lowest BCUT2D eigenvalue weighted by molar-refractivity contribution is 0.0735. The first-order valence-electron chi connectivity index (χ1n) is 7.82. The fraction of sp³-hybridized carbons (Fsp3) is 0.235. The van der Waals surface area contributed by atoms with Gasteiger partial charge >= 0.3 is 0 Å². The van der Waals surface area contributed by atoms with Crippen molar-refractivity contribution in [2.75, 3.05) is 31.1 Å². The highest BCUT2D eigenvalue weighted by atomic mass is 32.1. The molecule has 1 aliphatic rings. The van der Waals surface area contributed by atoms with E-state index in [1.807, 2.05) is 24.3 Å². The van der Waals surface area contributed by atoms with Gasteiger partial charge in [-0.25, -0.2) is 18.7 Å². The molecule has 1 aliphatic heterocycles. The third kappa shape index (κ3) is 3.05. The molecule has 2 aromatic heterocycles. The number of pyridine rings is 1. The third-order valence-corrected chi connectivity index (χ3v) is 5.23. The number of carbonyl (C=O) groups is 1. The summed E-state index contributed by atoms with van der Waals surface area (Å²) >= 11 is 1.61. The van der Waals surface area contributed by atoms with Gasteiger partial charge in [0.2, 0.25) is 0 Å². The van der Waals surface area contributed by atoms with Gasteiger partial charge in [-0.05, 0) is 12.1 Å². The van der Waals surface area contributed by atoms with Gasteiger partial charge in [0.05, 0.1) is 16.4 Å². The number of para-hydroxylation sites is 1. The third-order valence-electron chi connectivity index (χ3n) is 4.13. The van der Waals surface area contributed by atoms with Crippen molar-refractivity contribution in [3.8, 4) is 0 Å². The Balaban J connectivity index is 1.46. The van der Waals surface area contributed by atoms with Gasteiger partial charge < -0.3 is 9.80 Å². The molecule has 8 heteroatoms. The molecule has 0 radical (unpaired) electrons. The second-order valence-electron chi connectivity index (χ2n) is 5.73. The summed E-state index contributed by atoms with van der Waals surface area (Å²) < 4.78 is 27.8. The summed E-state index contributed by atoms with van der Waals surface area (Å²) in [5, 5.41) is 0.916. The fourth-order valence-corrected chi connectivity index (χ4v) is 3.84. The molecule has 0 bridgehead atoms. The molecule has 3 aromatic rings. The molecule has 5 nitrogen and oxygen atoms in total. The average Bonchev–Trinajstić information content (AvgIpc) is 3.05. The van der Waals surface area contributed by atoms with E-state index < -0.39 is 17.5 Å². The van der Waals surface area contributed by atoms with Crippen molar-refractivity contribution >= 4 is 32.6 Å². The summed E-state index contributed by atoms with van der Waals surface area (Å²) in [5.41, 5.74) is 0.619. The Bertz CT molecular complexity index is 904. The van der Waals surface area contributed by atoms with Crippen molar-refractivity contribution in [1.82, 2.24) is 14.9 Å². The largest absolute Gasteiger partial charge is 0.345 e. The van der Waals surface area contributed by atoms with Crippen molar-refractivity contribution in [2.24, 2.45) is 0 Å². The Kier molecular flexibility index (Phi) is 4.04. The van der Waals surface area contributed by atoms with Gasteiger partial charge in [-0.2, -0.15) is 0 Å².